The van der Waals surface area contributed by atoms with Crippen LogP contribution in [0.15, 0.2) is 65.3 Å². The molecule has 2 aliphatic rings. The molecular formula is C29H43FN6O3S. The number of nitrogens with one attached hydrogen (secondary N) is 3. The largest absolute Gasteiger partial charge is 0.401 e. The van der Waals surface area contributed by atoms with E-state index in [4.69, 9.17) is 11.6 Å². The molecule has 9 nitrogen and oxygen atoms in total. The number of likely N-dealkylation sites (tertiary alicyclic amines) is 1. The van der Waals surface area contributed by atoms with Crippen molar-refractivity contribution >= 4 is 15.9 Å². The molecule has 0 unspecified atom stereocenters. The number of hydrazine groups is 1. The number of hydrogen-bond acceptors (Lipinski definition) is 7. The van der Waals surface area contributed by atoms with E-state index < -0.39 is 16.2 Å². The fraction of sp³-hybridized carbons (Fsp3) is 0.483. The lowest BCUT2D eigenvalue weighted by molar-refractivity contribution is -0.121. The zero-order chi connectivity index (χ0) is 28.8. The fourth-order valence-corrected chi connectivity index (χ4v) is 5.85. The summed E-state index contributed by atoms with van der Waals surface area (Å²) in [5.74, 6) is 4.84. The maximum absolute atomic E-state index is 13.1. The number of piperidine rings is 1. The topological polar surface area (TPSA) is 143 Å². The van der Waals surface area contributed by atoms with Crippen LogP contribution in [0.3, 0.4) is 0 Å². The number of amides is 1. The smallest absolute Gasteiger partial charge is 0.240 e. The van der Waals surface area contributed by atoms with Gasteiger partial charge in [-0.3, -0.25) is 15.5 Å². The van der Waals surface area contributed by atoms with Gasteiger partial charge in [-0.1, -0.05) is 36.4 Å². The number of carbonyl (C=O) groups is 1. The molecule has 2 aromatic rings. The number of fused-ring (bicyclic) bond motifs is 1. The van der Waals surface area contributed by atoms with Crippen LogP contribution in [-0.2, 0) is 34.2 Å². The molecule has 7 N–H and O–H groups in total. The number of halogens is 1. The van der Waals surface area contributed by atoms with Crippen molar-refractivity contribution in [3.05, 3.63) is 77.1 Å². The zero-order valence-electron chi connectivity index (χ0n) is 23.1. The van der Waals surface area contributed by atoms with E-state index in [1.54, 1.807) is 29.3 Å². The Hall–Kier alpha value is -2.99. The lowest BCUT2D eigenvalue weighted by Crippen LogP contribution is -2.34. The zero-order valence-corrected chi connectivity index (χ0v) is 23.9. The van der Waals surface area contributed by atoms with Crippen molar-refractivity contribution in [2.24, 2.45) is 11.6 Å². The van der Waals surface area contributed by atoms with Gasteiger partial charge in [-0.25, -0.2) is 17.5 Å². The van der Waals surface area contributed by atoms with Crippen molar-refractivity contribution in [2.45, 2.75) is 69.0 Å². The van der Waals surface area contributed by atoms with Crippen molar-refractivity contribution < 1.29 is 17.6 Å². The first-order valence-electron chi connectivity index (χ1n) is 14.0. The first kappa shape index (κ1) is 31.5. The summed E-state index contributed by atoms with van der Waals surface area (Å²) >= 11 is 0. The van der Waals surface area contributed by atoms with E-state index in [0.29, 0.717) is 25.0 Å². The first-order valence-corrected chi connectivity index (χ1v) is 15.4. The Kier molecular flexibility index (Phi) is 12.9. The lowest BCUT2D eigenvalue weighted by Gasteiger charge is -2.29. The molecule has 1 fully saturated rings. The third-order valence-electron chi connectivity index (χ3n) is 7.04. The van der Waals surface area contributed by atoms with Gasteiger partial charge in [0.2, 0.25) is 15.9 Å². The van der Waals surface area contributed by atoms with Crippen LogP contribution in [0.1, 0.15) is 55.2 Å². The number of sulfonamides is 1. The van der Waals surface area contributed by atoms with Crippen molar-refractivity contribution in [1.29, 1.82) is 0 Å². The second-order valence-electron chi connectivity index (χ2n) is 10.2. The van der Waals surface area contributed by atoms with Crippen LogP contribution in [0, 0.1) is 0 Å². The molecule has 0 radical (unpaired) electrons. The molecule has 2 aromatic carbocycles. The summed E-state index contributed by atoms with van der Waals surface area (Å²) in [4.78, 5) is 14.1. The predicted octanol–water partition coefficient (Wildman–Crippen LogP) is 2.62. The van der Waals surface area contributed by atoms with Crippen molar-refractivity contribution in [3.63, 3.8) is 0 Å². The van der Waals surface area contributed by atoms with Crippen LogP contribution >= 0.6 is 0 Å². The minimum Gasteiger partial charge on any atom is -0.401 e. The first-order chi connectivity index (χ1) is 19.3. The highest BCUT2D eigenvalue weighted by Crippen LogP contribution is 2.23. The molecule has 1 aliphatic carbocycles. The third-order valence-corrected chi connectivity index (χ3v) is 8.52. The quantitative estimate of drug-likeness (QED) is 0.158. The Balaban J connectivity index is 0.000000224. The summed E-state index contributed by atoms with van der Waals surface area (Å²) in [6.45, 7) is 3.14. The molecule has 4 rings (SSSR count). The average Bonchev–Trinajstić information content (AvgIpc) is 2.96. The number of hydrogen-bond donors (Lipinski definition) is 5. The third kappa shape index (κ3) is 10.9. The number of aryl methyl sites for hydroxylation is 2. The van der Waals surface area contributed by atoms with Gasteiger partial charge in [-0.15, -0.1) is 0 Å². The van der Waals surface area contributed by atoms with E-state index in [9.17, 15) is 17.6 Å². The molecule has 1 aliphatic heterocycles. The van der Waals surface area contributed by atoms with Crippen LogP contribution < -0.4 is 27.0 Å². The summed E-state index contributed by atoms with van der Waals surface area (Å²) in [5.41, 5.74) is 12.8. The SMILES string of the molecule is FC1CCN(Cc2ccc3c(c2)CCCC3)CC1.NN/C=C(\N)CCC(=O)NCCNS(=O)(=O)c1ccccc1. The molecule has 1 amide bonds. The highest BCUT2D eigenvalue weighted by atomic mass is 32.2. The van der Waals surface area contributed by atoms with Crippen LogP contribution in [0.2, 0.25) is 0 Å². The second-order valence-corrected chi connectivity index (χ2v) is 12.0. The molecule has 11 heteroatoms. The summed E-state index contributed by atoms with van der Waals surface area (Å²) in [6.07, 6.45) is 8.02. The number of alkyl halides is 1. The van der Waals surface area contributed by atoms with Gasteiger partial charge in [0.25, 0.3) is 0 Å². The fourth-order valence-electron chi connectivity index (χ4n) is 4.80. The Labute approximate surface area is 237 Å². The van der Waals surface area contributed by atoms with Gasteiger partial charge in [-0.2, -0.15) is 0 Å². The number of nitrogens with two attached hydrogens (primary N) is 2. The molecule has 0 bridgehead atoms. The monoisotopic (exact) mass is 574 g/mol. The average molecular weight is 575 g/mol. The summed E-state index contributed by atoms with van der Waals surface area (Å²) < 4.78 is 39.3. The standard InChI is InChI=1S/C16H22FN.C13H21N5O3S/c17-16-7-9-18(10-8-16)12-13-5-6-14-3-1-2-4-15(14)11-13;14-11(10-17-15)6-7-13(19)16-8-9-18-22(20,21)12-4-2-1-3-5-12/h5-6,11,16H,1-4,7-10,12H2;1-5,10,17-18H,6-9,14-15H2,(H,16,19)/b;11-10-. The minimum absolute atomic E-state index is 0.110. The Morgan fingerprint density at radius 2 is 1.70 bits per heavy atom. The second kappa shape index (κ2) is 16.3. The van der Waals surface area contributed by atoms with E-state index in [1.807, 2.05) is 0 Å². The van der Waals surface area contributed by atoms with Gasteiger partial charge in [0, 0.05) is 51.0 Å². The van der Waals surface area contributed by atoms with Gasteiger partial charge in [0.05, 0.1) is 4.90 Å². The summed E-state index contributed by atoms with van der Waals surface area (Å²) in [6, 6.07) is 15.0. The minimum atomic E-state index is -3.54. The maximum atomic E-state index is 13.1. The molecule has 220 valence electrons. The van der Waals surface area contributed by atoms with E-state index in [1.165, 1.54) is 49.6 Å². The Morgan fingerprint density at radius 1 is 1.00 bits per heavy atom. The Bertz CT molecular complexity index is 1200. The summed E-state index contributed by atoms with van der Waals surface area (Å²) in [5, 5.41) is 2.60. The molecule has 1 heterocycles. The van der Waals surface area contributed by atoms with Gasteiger partial charge < -0.3 is 16.5 Å². The Morgan fingerprint density at radius 3 is 2.40 bits per heavy atom. The maximum Gasteiger partial charge on any atom is 0.240 e. The van der Waals surface area contributed by atoms with Crippen molar-refractivity contribution in [3.8, 4) is 0 Å². The molecule has 0 atom stereocenters. The van der Waals surface area contributed by atoms with Crippen molar-refractivity contribution in [1.82, 2.24) is 20.4 Å². The van der Waals surface area contributed by atoms with Crippen molar-refractivity contribution in [2.75, 3.05) is 26.2 Å². The molecule has 0 aromatic heterocycles. The molecule has 0 spiro atoms. The number of rotatable bonds is 11. The van der Waals surface area contributed by atoms with E-state index >= 15 is 0 Å². The highest BCUT2D eigenvalue weighted by molar-refractivity contribution is 7.89. The van der Waals surface area contributed by atoms with Gasteiger partial charge in [-0.05, 0) is 73.8 Å². The van der Waals surface area contributed by atoms with Crippen LogP contribution in [0.5, 0.6) is 0 Å². The van der Waals surface area contributed by atoms with E-state index in [2.05, 4.69) is 38.6 Å². The lowest BCUT2D eigenvalue weighted by atomic mass is 9.90. The molecule has 0 saturated carbocycles. The van der Waals surface area contributed by atoms with Crippen LogP contribution in [0.25, 0.3) is 0 Å². The van der Waals surface area contributed by atoms with Gasteiger partial charge >= 0.3 is 0 Å². The number of nitrogens with zero attached hydrogens (tertiary/aromatic N) is 1. The number of allylic oxidation sites excluding steroid dienone is 1. The summed E-state index contributed by atoms with van der Waals surface area (Å²) in [7, 11) is -3.54. The van der Waals surface area contributed by atoms with Crippen LogP contribution in [0.4, 0.5) is 4.39 Å². The number of benzene rings is 2. The van der Waals surface area contributed by atoms with Gasteiger partial charge in [0.1, 0.15) is 6.17 Å². The molecule has 1 saturated heterocycles. The van der Waals surface area contributed by atoms with E-state index in [-0.39, 0.29) is 30.3 Å². The molecular weight excluding hydrogens is 531 g/mol. The molecule has 40 heavy (non-hydrogen) atoms. The van der Waals surface area contributed by atoms with Gasteiger partial charge in [0.15, 0.2) is 0 Å². The number of carbonyl (C=O) groups excluding carboxylic acids is 1. The van der Waals surface area contributed by atoms with Crippen LogP contribution in [-0.4, -0.2) is 51.6 Å². The normalized spacial score (nSPS) is 16.4. The predicted molar refractivity (Wildman–Crippen MR) is 156 cm³/mol. The highest BCUT2D eigenvalue weighted by Gasteiger charge is 2.19. The van der Waals surface area contributed by atoms with E-state index in [0.717, 1.165) is 19.6 Å².